The van der Waals surface area contributed by atoms with Crippen molar-refractivity contribution in [2.45, 2.75) is 6.18 Å². The summed E-state index contributed by atoms with van der Waals surface area (Å²) in [6, 6.07) is 3.80. The van der Waals surface area contributed by atoms with Gasteiger partial charge in [0, 0.05) is 27.7 Å². The summed E-state index contributed by atoms with van der Waals surface area (Å²) < 4.78 is 40.0. The molecule has 1 heterocycles. The zero-order chi connectivity index (χ0) is 11.2. The third kappa shape index (κ3) is 1.84. The van der Waals surface area contributed by atoms with Crippen LogP contribution in [0.5, 0.6) is 0 Å². The Labute approximate surface area is 98.0 Å². The van der Waals surface area contributed by atoms with Gasteiger partial charge in [0.25, 0.3) is 0 Å². The Hall–Kier alpha value is -0.720. The molecule has 2 rings (SSSR count). The molecule has 0 bridgehead atoms. The summed E-state index contributed by atoms with van der Waals surface area (Å²) >= 11 is 2.04. The van der Waals surface area contributed by atoms with Gasteiger partial charge in [0.05, 0.1) is 5.56 Å². The monoisotopic (exact) mass is 325 g/mol. The van der Waals surface area contributed by atoms with Crippen LogP contribution in [0.4, 0.5) is 13.2 Å². The summed E-state index contributed by atoms with van der Waals surface area (Å²) in [5, 5.41) is 0.646. The molecular weight excluding hydrogens is 318 g/mol. The highest BCUT2D eigenvalue weighted by molar-refractivity contribution is 14.1. The Balaban J connectivity index is 2.71. The van der Waals surface area contributed by atoms with Gasteiger partial charge in [-0.3, -0.25) is 0 Å². The van der Waals surface area contributed by atoms with Crippen LogP contribution in [0.3, 0.4) is 0 Å². The molecule has 0 aliphatic carbocycles. The van der Waals surface area contributed by atoms with E-state index in [1.807, 2.05) is 40.4 Å². The van der Waals surface area contributed by atoms with E-state index in [-0.39, 0.29) is 0 Å². The second-order valence-electron chi connectivity index (χ2n) is 3.32. The second-order valence-corrected chi connectivity index (χ2v) is 4.48. The fourth-order valence-electron chi connectivity index (χ4n) is 1.52. The van der Waals surface area contributed by atoms with Crippen LogP contribution in [0, 0.1) is 3.57 Å². The minimum absolute atomic E-state index is 0.598. The molecule has 0 amide bonds. The number of rotatable bonds is 0. The van der Waals surface area contributed by atoms with E-state index in [1.165, 1.54) is 12.1 Å². The molecule has 0 atom stereocenters. The van der Waals surface area contributed by atoms with Gasteiger partial charge in [-0.05, 0) is 40.8 Å². The minimum atomic E-state index is -4.27. The van der Waals surface area contributed by atoms with Crippen molar-refractivity contribution in [3.05, 3.63) is 33.5 Å². The molecule has 15 heavy (non-hydrogen) atoms. The molecule has 0 aliphatic rings. The first-order valence-corrected chi connectivity index (χ1v) is 5.29. The average molecular weight is 325 g/mol. The summed E-state index contributed by atoms with van der Waals surface area (Å²) in [4.78, 5) is 0. The van der Waals surface area contributed by atoms with E-state index in [9.17, 15) is 13.2 Å². The van der Waals surface area contributed by atoms with E-state index < -0.39 is 11.7 Å². The number of fused-ring (bicyclic) bond motifs is 1. The first-order valence-electron chi connectivity index (χ1n) is 4.21. The molecule has 80 valence electrons. The smallest absolute Gasteiger partial charge is 0.349 e. The quantitative estimate of drug-likeness (QED) is 0.649. The SMILES string of the molecule is Cn1cc(I)c2cc(C(F)(F)F)ccc21. The predicted molar refractivity (Wildman–Crippen MR) is 60.6 cm³/mol. The Kier molecular flexibility index (Phi) is 2.44. The van der Waals surface area contributed by atoms with Crippen molar-refractivity contribution in [2.75, 3.05) is 0 Å². The average Bonchev–Trinajstić information content (AvgIpc) is 2.41. The lowest BCUT2D eigenvalue weighted by Crippen LogP contribution is -2.04. The molecule has 0 saturated carbocycles. The van der Waals surface area contributed by atoms with Crippen molar-refractivity contribution in [3.8, 4) is 0 Å². The molecule has 1 aromatic carbocycles. The first kappa shape index (κ1) is 10.8. The molecule has 0 aliphatic heterocycles. The zero-order valence-corrected chi connectivity index (χ0v) is 9.93. The molecule has 0 N–H and O–H groups in total. The fraction of sp³-hybridized carbons (Fsp3) is 0.200. The van der Waals surface area contributed by atoms with Gasteiger partial charge in [-0.25, -0.2) is 0 Å². The van der Waals surface area contributed by atoms with Crippen molar-refractivity contribution in [1.29, 1.82) is 0 Å². The molecule has 1 aromatic heterocycles. The zero-order valence-electron chi connectivity index (χ0n) is 7.77. The first-order chi connectivity index (χ1) is 6.89. The largest absolute Gasteiger partial charge is 0.416 e. The number of aromatic nitrogens is 1. The lowest BCUT2D eigenvalue weighted by Gasteiger charge is -2.06. The third-order valence-electron chi connectivity index (χ3n) is 2.27. The van der Waals surface area contributed by atoms with Crippen LogP contribution in [0.1, 0.15) is 5.56 Å². The molecule has 0 saturated heterocycles. The summed E-state index contributed by atoms with van der Waals surface area (Å²) in [6.45, 7) is 0. The Bertz CT molecular complexity index is 513. The van der Waals surface area contributed by atoms with Crippen LogP contribution in [0.2, 0.25) is 0 Å². The number of alkyl halides is 3. The van der Waals surface area contributed by atoms with Crippen molar-refractivity contribution < 1.29 is 13.2 Å². The predicted octanol–water partition coefficient (Wildman–Crippen LogP) is 3.80. The molecule has 0 spiro atoms. The Morgan fingerprint density at radius 1 is 1.27 bits per heavy atom. The van der Waals surface area contributed by atoms with Crippen molar-refractivity contribution in [3.63, 3.8) is 0 Å². The van der Waals surface area contributed by atoms with Crippen molar-refractivity contribution >= 4 is 33.5 Å². The van der Waals surface area contributed by atoms with Crippen LogP contribution in [0.25, 0.3) is 10.9 Å². The van der Waals surface area contributed by atoms with Gasteiger partial charge < -0.3 is 4.57 Å². The van der Waals surface area contributed by atoms with Gasteiger partial charge in [-0.15, -0.1) is 0 Å². The maximum atomic E-state index is 12.4. The van der Waals surface area contributed by atoms with Crippen LogP contribution in [-0.2, 0) is 13.2 Å². The number of aryl methyl sites for hydroxylation is 1. The lowest BCUT2D eigenvalue weighted by molar-refractivity contribution is -0.137. The van der Waals surface area contributed by atoms with Gasteiger partial charge in [0.2, 0.25) is 0 Å². The van der Waals surface area contributed by atoms with E-state index in [0.717, 1.165) is 15.2 Å². The van der Waals surface area contributed by atoms with Crippen LogP contribution < -0.4 is 0 Å². The number of hydrogen-bond donors (Lipinski definition) is 0. The van der Waals surface area contributed by atoms with Gasteiger partial charge >= 0.3 is 6.18 Å². The van der Waals surface area contributed by atoms with E-state index in [2.05, 4.69) is 0 Å². The number of hydrogen-bond acceptors (Lipinski definition) is 0. The van der Waals surface area contributed by atoms with E-state index in [4.69, 9.17) is 0 Å². The highest BCUT2D eigenvalue weighted by atomic mass is 127. The van der Waals surface area contributed by atoms with Crippen molar-refractivity contribution in [1.82, 2.24) is 4.57 Å². The molecule has 0 unspecified atom stereocenters. The van der Waals surface area contributed by atoms with Gasteiger partial charge in [-0.1, -0.05) is 0 Å². The van der Waals surface area contributed by atoms with Crippen molar-refractivity contribution in [2.24, 2.45) is 7.05 Å². The molecular formula is C10H7F3IN. The maximum Gasteiger partial charge on any atom is 0.416 e. The normalized spacial score (nSPS) is 12.3. The molecule has 2 aromatic rings. The highest BCUT2D eigenvalue weighted by Gasteiger charge is 2.30. The van der Waals surface area contributed by atoms with Gasteiger partial charge in [0.15, 0.2) is 0 Å². The third-order valence-corrected chi connectivity index (χ3v) is 3.13. The van der Waals surface area contributed by atoms with Crippen LogP contribution in [-0.4, -0.2) is 4.57 Å². The summed E-state index contributed by atoms with van der Waals surface area (Å²) in [5.41, 5.74) is 0.214. The second kappa shape index (κ2) is 3.40. The van der Waals surface area contributed by atoms with Gasteiger partial charge in [-0.2, -0.15) is 13.2 Å². The maximum absolute atomic E-state index is 12.4. The summed E-state index contributed by atoms with van der Waals surface area (Å²) in [5.74, 6) is 0. The van der Waals surface area contributed by atoms with Crippen LogP contribution in [0.15, 0.2) is 24.4 Å². The number of halogens is 4. The topological polar surface area (TPSA) is 4.93 Å². The number of nitrogens with zero attached hydrogens (tertiary/aromatic N) is 1. The molecule has 5 heteroatoms. The molecule has 0 radical (unpaired) electrons. The van der Waals surface area contributed by atoms with E-state index in [0.29, 0.717) is 5.39 Å². The Morgan fingerprint density at radius 3 is 2.53 bits per heavy atom. The Morgan fingerprint density at radius 2 is 1.93 bits per heavy atom. The van der Waals surface area contributed by atoms with Crippen LogP contribution >= 0.6 is 22.6 Å². The standard InChI is InChI=1S/C10H7F3IN/c1-15-5-8(14)7-4-6(10(11,12)13)2-3-9(7)15/h2-5H,1H3. The van der Waals surface area contributed by atoms with E-state index >= 15 is 0 Å². The molecule has 0 fully saturated rings. The molecule has 1 nitrogen and oxygen atoms in total. The lowest BCUT2D eigenvalue weighted by atomic mass is 10.1. The fourth-order valence-corrected chi connectivity index (χ4v) is 2.37. The summed E-state index contributed by atoms with van der Waals surface area (Å²) in [6.07, 6.45) is -2.46. The minimum Gasteiger partial charge on any atom is -0.349 e. The highest BCUT2D eigenvalue weighted by Crippen LogP contribution is 2.33. The summed E-state index contributed by atoms with van der Waals surface area (Å²) in [7, 11) is 1.82. The number of benzene rings is 1. The van der Waals surface area contributed by atoms with Gasteiger partial charge in [0.1, 0.15) is 0 Å². The van der Waals surface area contributed by atoms with E-state index in [1.54, 1.807) is 0 Å².